The van der Waals surface area contributed by atoms with Gasteiger partial charge in [0.05, 0.1) is 5.56 Å². The highest BCUT2D eigenvalue weighted by Gasteiger charge is 2.09. The van der Waals surface area contributed by atoms with Gasteiger partial charge in [-0.2, -0.15) is 0 Å². The number of rotatable bonds is 7. The van der Waals surface area contributed by atoms with Crippen LogP contribution in [-0.2, 0) is 0 Å². The molecule has 118 valence electrons. The van der Waals surface area contributed by atoms with Gasteiger partial charge in [-0.1, -0.05) is 11.3 Å². The lowest BCUT2D eigenvalue weighted by Gasteiger charge is -2.17. The monoisotopic (exact) mass is 320 g/mol. The predicted molar refractivity (Wildman–Crippen MR) is 88.4 cm³/mol. The topological polar surface area (TPSA) is 83.0 Å². The maximum absolute atomic E-state index is 12.0. The van der Waals surface area contributed by atoms with E-state index in [-0.39, 0.29) is 5.91 Å². The highest BCUT2D eigenvalue weighted by molar-refractivity contribution is 7.13. The van der Waals surface area contributed by atoms with Crippen molar-refractivity contribution in [2.24, 2.45) is 0 Å². The quantitative estimate of drug-likeness (QED) is 0.811. The smallest absolute Gasteiger partial charge is 0.259 e. The van der Waals surface area contributed by atoms with Crippen LogP contribution in [0.15, 0.2) is 23.8 Å². The SMILES string of the molecule is CC(CCN(C)C)Nc1ccc(C(=O)Nc2nncs2)cn1. The minimum absolute atomic E-state index is 0.239. The highest BCUT2D eigenvalue weighted by Crippen LogP contribution is 2.12. The van der Waals surface area contributed by atoms with Crippen molar-refractivity contribution in [1.29, 1.82) is 0 Å². The lowest BCUT2D eigenvalue weighted by atomic mass is 10.2. The molecule has 0 aliphatic heterocycles. The van der Waals surface area contributed by atoms with Gasteiger partial charge in [0.2, 0.25) is 5.13 Å². The van der Waals surface area contributed by atoms with Crippen LogP contribution in [0.2, 0.25) is 0 Å². The van der Waals surface area contributed by atoms with Crippen molar-refractivity contribution in [2.75, 3.05) is 31.3 Å². The molecule has 0 radical (unpaired) electrons. The van der Waals surface area contributed by atoms with Gasteiger partial charge in [-0.3, -0.25) is 10.1 Å². The largest absolute Gasteiger partial charge is 0.368 e. The molecule has 22 heavy (non-hydrogen) atoms. The molecule has 0 saturated heterocycles. The van der Waals surface area contributed by atoms with E-state index >= 15 is 0 Å². The van der Waals surface area contributed by atoms with E-state index in [0.29, 0.717) is 16.7 Å². The molecule has 0 aromatic carbocycles. The molecule has 2 aromatic heterocycles. The van der Waals surface area contributed by atoms with Crippen LogP contribution >= 0.6 is 11.3 Å². The number of aromatic nitrogens is 3. The van der Waals surface area contributed by atoms with Crippen LogP contribution in [0.1, 0.15) is 23.7 Å². The fourth-order valence-electron chi connectivity index (χ4n) is 1.79. The Labute approximate surface area is 133 Å². The molecule has 2 heterocycles. The molecule has 0 aliphatic rings. The molecule has 2 rings (SSSR count). The summed E-state index contributed by atoms with van der Waals surface area (Å²) in [6, 6.07) is 3.86. The Balaban J connectivity index is 1.88. The van der Waals surface area contributed by atoms with Crippen LogP contribution in [0, 0.1) is 0 Å². The number of nitrogens with one attached hydrogen (secondary N) is 2. The second-order valence-corrected chi connectivity index (χ2v) is 6.10. The van der Waals surface area contributed by atoms with E-state index in [1.54, 1.807) is 23.8 Å². The van der Waals surface area contributed by atoms with Gasteiger partial charge in [0.25, 0.3) is 5.91 Å². The van der Waals surface area contributed by atoms with Crippen molar-refractivity contribution in [2.45, 2.75) is 19.4 Å². The van der Waals surface area contributed by atoms with Crippen molar-refractivity contribution >= 4 is 28.2 Å². The Morgan fingerprint density at radius 3 is 2.82 bits per heavy atom. The number of carbonyl (C=O) groups is 1. The lowest BCUT2D eigenvalue weighted by Crippen LogP contribution is -2.23. The van der Waals surface area contributed by atoms with Gasteiger partial charge >= 0.3 is 0 Å². The number of pyridine rings is 1. The first-order valence-corrected chi connectivity index (χ1v) is 7.87. The maximum atomic E-state index is 12.0. The number of carbonyl (C=O) groups excluding carboxylic acids is 1. The number of nitrogens with zero attached hydrogens (tertiary/aromatic N) is 4. The number of hydrogen-bond acceptors (Lipinski definition) is 7. The summed E-state index contributed by atoms with van der Waals surface area (Å²) in [6.07, 6.45) is 2.57. The molecule has 8 heteroatoms. The zero-order chi connectivity index (χ0) is 15.9. The molecule has 7 nitrogen and oxygen atoms in total. The third-order valence-corrected chi connectivity index (χ3v) is 3.62. The molecule has 1 amide bonds. The van der Waals surface area contributed by atoms with Crippen molar-refractivity contribution in [3.63, 3.8) is 0 Å². The van der Waals surface area contributed by atoms with E-state index in [0.717, 1.165) is 18.8 Å². The average molecular weight is 320 g/mol. The van der Waals surface area contributed by atoms with E-state index in [4.69, 9.17) is 0 Å². The summed E-state index contributed by atoms with van der Waals surface area (Å²) in [7, 11) is 4.10. The summed E-state index contributed by atoms with van der Waals surface area (Å²) < 4.78 is 0. The first-order chi connectivity index (χ1) is 10.5. The first kappa shape index (κ1) is 16.3. The van der Waals surface area contributed by atoms with E-state index in [1.165, 1.54) is 11.3 Å². The van der Waals surface area contributed by atoms with Crippen LogP contribution in [0.5, 0.6) is 0 Å². The Bertz CT molecular complexity index is 584. The van der Waals surface area contributed by atoms with Gasteiger partial charge in [0.15, 0.2) is 0 Å². The molecule has 0 bridgehead atoms. The first-order valence-electron chi connectivity index (χ1n) is 6.99. The second kappa shape index (κ2) is 7.81. The molecule has 2 N–H and O–H groups in total. The van der Waals surface area contributed by atoms with Crippen molar-refractivity contribution < 1.29 is 4.79 Å². The second-order valence-electron chi connectivity index (χ2n) is 5.27. The normalized spacial score (nSPS) is 12.2. The third kappa shape index (κ3) is 5.05. The zero-order valence-electron chi connectivity index (χ0n) is 12.9. The minimum Gasteiger partial charge on any atom is -0.368 e. The lowest BCUT2D eigenvalue weighted by molar-refractivity contribution is 0.102. The third-order valence-electron chi connectivity index (χ3n) is 3.01. The van der Waals surface area contributed by atoms with E-state index < -0.39 is 0 Å². The van der Waals surface area contributed by atoms with Crippen molar-refractivity contribution in [3.8, 4) is 0 Å². The van der Waals surface area contributed by atoms with Crippen LogP contribution in [-0.4, -0.2) is 52.7 Å². The molecule has 0 fully saturated rings. The molecule has 1 atom stereocenters. The molecule has 1 unspecified atom stereocenters. The molecular formula is C14H20N6OS. The van der Waals surface area contributed by atoms with Gasteiger partial charge < -0.3 is 10.2 Å². The van der Waals surface area contributed by atoms with Gasteiger partial charge in [-0.25, -0.2) is 4.98 Å². The molecule has 2 aromatic rings. The predicted octanol–water partition coefficient (Wildman–Crippen LogP) is 1.94. The Hall–Kier alpha value is -2.06. The number of hydrogen-bond donors (Lipinski definition) is 2. The van der Waals surface area contributed by atoms with Crippen LogP contribution < -0.4 is 10.6 Å². The number of anilines is 2. The van der Waals surface area contributed by atoms with Gasteiger partial charge in [-0.05, 0) is 46.1 Å². The summed E-state index contributed by atoms with van der Waals surface area (Å²) in [5.74, 6) is 0.523. The summed E-state index contributed by atoms with van der Waals surface area (Å²) in [6.45, 7) is 3.12. The van der Waals surface area contributed by atoms with Crippen LogP contribution in [0.25, 0.3) is 0 Å². The average Bonchev–Trinajstić information content (AvgIpc) is 2.99. The molecule has 0 aliphatic carbocycles. The Morgan fingerprint density at radius 1 is 1.41 bits per heavy atom. The summed E-state index contributed by atoms with van der Waals surface area (Å²) in [5, 5.41) is 13.9. The highest BCUT2D eigenvalue weighted by atomic mass is 32.1. The molecular weight excluding hydrogens is 300 g/mol. The zero-order valence-corrected chi connectivity index (χ0v) is 13.7. The van der Waals surface area contributed by atoms with Crippen molar-refractivity contribution in [1.82, 2.24) is 20.1 Å². The minimum atomic E-state index is -0.239. The molecule has 0 spiro atoms. The van der Waals surface area contributed by atoms with Gasteiger partial charge in [-0.15, -0.1) is 10.2 Å². The van der Waals surface area contributed by atoms with E-state index in [2.05, 4.69) is 51.7 Å². The summed E-state index contributed by atoms with van der Waals surface area (Å²) in [5.41, 5.74) is 2.05. The van der Waals surface area contributed by atoms with Crippen molar-refractivity contribution in [3.05, 3.63) is 29.4 Å². The van der Waals surface area contributed by atoms with Gasteiger partial charge in [0.1, 0.15) is 11.3 Å². The summed E-state index contributed by atoms with van der Waals surface area (Å²) in [4.78, 5) is 18.4. The van der Waals surface area contributed by atoms with Gasteiger partial charge in [0, 0.05) is 12.2 Å². The Morgan fingerprint density at radius 2 is 2.23 bits per heavy atom. The standard InChI is InChI=1S/C14H20N6OS/c1-10(6-7-20(2)3)17-12-5-4-11(8-15-12)13(21)18-14-19-16-9-22-14/h4-5,8-10H,6-7H2,1-3H3,(H,15,17)(H,18,19,21). The fraction of sp³-hybridized carbons (Fsp3) is 0.429. The maximum Gasteiger partial charge on any atom is 0.259 e. The summed E-state index contributed by atoms with van der Waals surface area (Å²) >= 11 is 1.27. The van der Waals surface area contributed by atoms with E-state index in [1.807, 2.05) is 0 Å². The van der Waals surface area contributed by atoms with E-state index in [9.17, 15) is 4.79 Å². The molecule has 0 saturated carbocycles. The van der Waals surface area contributed by atoms with Crippen LogP contribution in [0.3, 0.4) is 0 Å². The fourth-order valence-corrected chi connectivity index (χ4v) is 2.23. The number of amides is 1. The van der Waals surface area contributed by atoms with Crippen LogP contribution in [0.4, 0.5) is 10.9 Å². The Kier molecular flexibility index (Phi) is 5.79.